The van der Waals surface area contributed by atoms with Gasteiger partial charge in [-0.15, -0.1) is 5.10 Å². The number of nitro benzene ring substituents is 1. The van der Waals surface area contributed by atoms with Crippen molar-refractivity contribution >= 4 is 17.3 Å². The number of carbonyl (C=O) groups excluding carboxylic acids is 1. The SMILES string of the molecule is Cc1c(C(=O)Nc2ccc(CN3CCC(C)CC3)cc2)nnn1-c1cccc([N+](=O)[O-])c1. The first-order valence-electron chi connectivity index (χ1n) is 10.7. The number of nitro groups is 1. The Hall–Kier alpha value is -3.59. The van der Waals surface area contributed by atoms with Crippen LogP contribution in [0.25, 0.3) is 5.69 Å². The molecule has 9 heteroatoms. The molecule has 0 atom stereocenters. The number of rotatable bonds is 6. The van der Waals surface area contributed by atoms with E-state index in [1.54, 1.807) is 19.1 Å². The van der Waals surface area contributed by atoms with E-state index in [1.165, 1.54) is 35.2 Å². The van der Waals surface area contributed by atoms with Crippen LogP contribution in [-0.4, -0.2) is 43.8 Å². The molecule has 1 saturated heterocycles. The number of hydrogen-bond acceptors (Lipinski definition) is 6. The van der Waals surface area contributed by atoms with Gasteiger partial charge in [0.15, 0.2) is 5.69 Å². The van der Waals surface area contributed by atoms with Gasteiger partial charge in [-0.2, -0.15) is 0 Å². The van der Waals surface area contributed by atoms with Crippen LogP contribution in [0.3, 0.4) is 0 Å². The molecule has 0 spiro atoms. The molecule has 4 rings (SSSR count). The quantitative estimate of drug-likeness (QED) is 0.465. The average Bonchev–Trinajstić information content (AvgIpc) is 3.18. The Morgan fingerprint density at radius 1 is 1.19 bits per heavy atom. The molecule has 1 aliphatic rings. The molecule has 2 heterocycles. The van der Waals surface area contributed by atoms with Gasteiger partial charge in [-0.3, -0.25) is 19.8 Å². The summed E-state index contributed by atoms with van der Waals surface area (Å²) < 4.78 is 1.42. The number of amides is 1. The van der Waals surface area contributed by atoms with E-state index < -0.39 is 4.92 Å². The molecule has 2 aromatic carbocycles. The van der Waals surface area contributed by atoms with Crippen LogP contribution in [0, 0.1) is 23.0 Å². The number of piperidine rings is 1. The molecule has 0 aliphatic carbocycles. The van der Waals surface area contributed by atoms with Crippen molar-refractivity contribution in [1.82, 2.24) is 19.9 Å². The van der Waals surface area contributed by atoms with E-state index >= 15 is 0 Å². The van der Waals surface area contributed by atoms with Crippen LogP contribution < -0.4 is 5.32 Å². The fourth-order valence-electron chi connectivity index (χ4n) is 3.88. The lowest BCUT2D eigenvalue weighted by molar-refractivity contribution is -0.384. The second-order valence-electron chi connectivity index (χ2n) is 8.32. The third-order valence-electron chi connectivity index (χ3n) is 5.89. The van der Waals surface area contributed by atoms with Crippen LogP contribution in [0.15, 0.2) is 48.5 Å². The first kappa shape index (κ1) is 21.6. The van der Waals surface area contributed by atoms with Crippen molar-refractivity contribution in [2.24, 2.45) is 5.92 Å². The molecule has 1 aliphatic heterocycles. The summed E-state index contributed by atoms with van der Waals surface area (Å²) in [6.07, 6.45) is 2.48. The Balaban J connectivity index is 1.42. The fraction of sp³-hybridized carbons (Fsp3) is 0.348. The number of non-ortho nitro benzene ring substituents is 1. The van der Waals surface area contributed by atoms with Gasteiger partial charge < -0.3 is 5.32 Å². The molecular weight excluding hydrogens is 408 g/mol. The number of nitrogens with zero attached hydrogens (tertiary/aromatic N) is 5. The van der Waals surface area contributed by atoms with Crippen molar-refractivity contribution in [3.8, 4) is 5.69 Å². The number of benzene rings is 2. The molecule has 32 heavy (non-hydrogen) atoms. The lowest BCUT2D eigenvalue weighted by Crippen LogP contribution is -2.32. The minimum absolute atomic E-state index is 0.0532. The fourth-order valence-corrected chi connectivity index (χ4v) is 3.88. The van der Waals surface area contributed by atoms with Crippen molar-refractivity contribution in [3.63, 3.8) is 0 Å². The van der Waals surface area contributed by atoms with E-state index in [9.17, 15) is 14.9 Å². The highest BCUT2D eigenvalue weighted by atomic mass is 16.6. The summed E-state index contributed by atoms with van der Waals surface area (Å²) in [7, 11) is 0. The van der Waals surface area contributed by atoms with Gasteiger partial charge in [-0.05, 0) is 62.5 Å². The van der Waals surface area contributed by atoms with Crippen LogP contribution in [0.2, 0.25) is 0 Å². The standard InChI is InChI=1S/C23H26N6O3/c1-16-10-12-27(13-11-16)15-18-6-8-19(9-7-18)24-23(30)22-17(2)28(26-25-22)20-4-3-5-21(14-20)29(31)32/h3-9,14,16H,10-13,15H2,1-2H3,(H,24,30). The lowest BCUT2D eigenvalue weighted by atomic mass is 9.99. The highest BCUT2D eigenvalue weighted by Crippen LogP contribution is 2.21. The average molecular weight is 435 g/mol. The summed E-state index contributed by atoms with van der Waals surface area (Å²) in [5, 5.41) is 21.9. The lowest BCUT2D eigenvalue weighted by Gasteiger charge is -2.30. The van der Waals surface area contributed by atoms with Gasteiger partial charge in [0, 0.05) is 24.4 Å². The van der Waals surface area contributed by atoms with Crippen molar-refractivity contribution < 1.29 is 9.72 Å². The number of carbonyl (C=O) groups is 1. The van der Waals surface area contributed by atoms with Gasteiger partial charge in [-0.1, -0.05) is 30.3 Å². The second kappa shape index (κ2) is 9.27. The van der Waals surface area contributed by atoms with Gasteiger partial charge in [0.05, 0.1) is 16.3 Å². The Labute approximate surface area is 186 Å². The summed E-state index contributed by atoms with van der Waals surface area (Å²) in [5.74, 6) is 0.430. The molecule has 1 amide bonds. The number of hydrogen-bond donors (Lipinski definition) is 1. The minimum Gasteiger partial charge on any atom is -0.321 e. The third-order valence-corrected chi connectivity index (χ3v) is 5.89. The summed E-state index contributed by atoms with van der Waals surface area (Å²) in [5.41, 5.74) is 2.98. The number of nitrogens with one attached hydrogen (secondary N) is 1. The topological polar surface area (TPSA) is 106 Å². The maximum Gasteiger partial charge on any atom is 0.278 e. The van der Waals surface area contributed by atoms with Gasteiger partial charge in [0.2, 0.25) is 0 Å². The molecule has 3 aromatic rings. The molecule has 0 radical (unpaired) electrons. The van der Waals surface area contributed by atoms with Crippen molar-refractivity contribution in [1.29, 1.82) is 0 Å². The predicted molar refractivity (Wildman–Crippen MR) is 121 cm³/mol. The molecule has 0 bridgehead atoms. The van der Waals surface area contributed by atoms with Gasteiger partial charge in [-0.25, -0.2) is 4.68 Å². The Bertz CT molecular complexity index is 1120. The molecule has 0 saturated carbocycles. The molecule has 1 aromatic heterocycles. The first-order valence-corrected chi connectivity index (χ1v) is 10.7. The zero-order valence-corrected chi connectivity index (χ0v) is 18.2. The number of aromatic nitrogens is 3. The van der Waals surface area contributed by atoms with Crippen LogP contribution in [0.1, 0.15) is 41.5 Å². The summed E-state index contributed by atoms with van der Waals surface area (Å²) in [4.78, 5) is 25.8. The van der Waals surface area contributed by atoms with E-state index in [2.05, 4.69) is 27.5 Å². The van der Waals surface area contributed by atoms with Gasteiger partial charge >= 0.3 is 0 Å². The molecule has 1 N–H and O–H groups in total. The summed E-state index contributed by atoms with van der Waals surface area (Å²) in [6.45, 7) is 7.17. The Morgan fingerprint density at radius 3 is 2.59 bits per heavy atom. The zero-order valence-electron chi connectivity index (χ0n) is 18.2. The van der Waals surface area contributed by atoms with E-state index in [0.717, 1.165) is 25.6 Å². The van der Waals surface area contributed by atoms with Crippen LogP contribution in [-0.2, 0) is 6.54 Å². The molecule has 1 fully saturated rings. The van der Waals surface area contributed by atoms with Crippen molar-refractivity contribution in [2.75, 3.05) is 18.4 Å². The largest absolute Gasteiger partial charge is 0.321 e. The molecule has 166 valence electrons. The first-order chi connectivity index (χ1) is 15.4. The highest BCUT2D eigenvalue weighted by molar-refractivity contribution is 6.03. The summed E-state index contributed by atoms with van der Waals surface area (Å²) in [6, 6.07) is 13.9. The minimum atomic E-state index is -0.473. The van der Waals surface area contributed by atoms with Crippen molar-refractivity contribution in [3.05, 3.63) is 75.6 Å². The van der Waals surface area contributed by atoms with Crippen molar-refractivity contribution in [2.45, 2.75) is 33.2 Å². The monoisotopic (exact) mass is 434 g/mol. The van der Waals surface area contributed by atoms with Crippen LogP contribution in [0.4, 0.5) is 11.4 Å². The third kappa shape index (κ3) is 4.83. The van der Waals surface area contributed by atoms with Gasteiger partial charge in [0.1, 0.15) is 0 Å². The van der Waals surface area contributed by atoms with E-state index in [0.29, 0.717) is 17.1 Å². The van der Waals surface area contributed by atoms with E-state index in [4.69, 9.17) is 0 Å². The number of likely N-dealkylation sites (tertiary alicyclic amines) is 1. The molecular formula is C23H26N6O3. The smallest absolute Gasteiger partial charge is 0.278 e. The van der Waals surface area contributed by atoms with Crippen LogP contribution in [0.5, 0.6) is 0 Å². The normalized spacial score (nSPS) is 14.9. The Kier molecular flexibility index (Phi) is 6.27. The predicted octanol–water partition coefficient (Wildman–Crippen LogP) is 3.97. The molecule has 0 unspecified atom stereocenters. The summed E-state index contributed by atoms with van der Waals surface area (Å²) >= 11 is 0. The van der Waals surface area contributed by atoms with E-state index in [1.807, 2.05) is 24.3 Å². The Morgan fingerprint density at radius 2 is 1.91 bits per heavy atom. The number of anilines is 1. The van der Waals surface area contributed by atoms with Gasteiger partial charge in [0.25, 0.3) is 11.6 Å². The van der Waals surface area contributed by atoms with Crippen LogP contribution >= 0.6 is 0 Å². The zero-order chi connectivity index (χ0) is 22.7. The highest BCUT2D eigenvalue weighted by Gasteiger charge is 2.19. The maximum atomic E-state index is 12.7. The maximum absolute atomic E-state index is 12.7. The molecule has 9 nitrogen and oxygen atoms in total. The second-order valence-corrected chi connectivity index (χ2v) is 8.32. The van der Waals surface area contributed by atoms with E-state index in [-0.39, 0.29) is 17.3 Å².